The van der Waals surface area contributed by atoms with E-state index in [1.165, 1.54) is 11.8 Å². The molecule has 218 valence electrons. The maximum atomic E-state index is 13.3. The lowest BCUT2D eigenvalue weighted by atomic mass is 10.0. The Morgan fingerprint density at radius 1 is 0.923 bits per heavy atom. The first-order chi connectivity index (χ1) is 18.4. The van der Waals surface area contributed by atoms with Crippen LogP contribution in [-0.4, -0.2) is 77.5 Å². The maximum Gasteiger partial charge on any atom is 0.326 e. The van der Waals surface area contributed by atoms with Crippen molar-refractivity contribution in [2.45, 2.75) is 70.1 Å². The van der Waals surface area contributed by atoms with E-state index >= 15 is 0 Å². The van der Waals surface area contributed by atoms with Gasteiger partial charge in [0.15, 0.2) is 5.96 Å². The van der Waals surface area contributed by atoms with E-state index in [1.807, 2.05) is 38.3 Å². The van der Waals surface area contributed by atoms with Crippen LogP contribution in [0.4, 0.5) is 0 Å². The summed E-state index contributed by atoms with van der Waals surface area (Å²) < 4.78 is 0. The number of guanidine groups is 1. The molecule has 4 atom stereocenters. The Morgan fingerprint density at radius 2 is 1.51 bits per heavy atom. The van der Waals surface area contributed by atoms with Gasteiger partial charge in [-0.05, 0) is 49.2 Å². The van der Waals surface area contributed by atoms with Gasteiger partial charge in [-0.1, -0.05) is 44.2 Å². The van der Waals surface area contributed by atoms with Gasteiger partial charge in [0.25, 0.3) is 0 Å². The second-order valence-electron chi connectivity index (χ2n) is 9.68. The first kappa shape index (κ1) is 33.7. The zero-order valence-electron chi connectivity index (χ0n) is 22.9. The van der Waals surface area contributed by atoms with E-state index < -0.39 is 47.9 Å². The molecule has 3 amide bonds. The van der Waals surface area contributed by atoms with Gasteiger partial charge in [0.2, 0.25) is 17.7 Å². The van der Waals surface area contributed by atoms with Crippen molar-refractivity contribution in [1.82, 2.24) is 16.0 Å². The number of carbonyl (C=O) groups is 4. The highest BCUT2D eigenvalue weighted by Gasteiger charge is 2.30. The molecule has 39 heavy (non-hydrogen) atoms. The zero-order valence-corrected chi connectivity index (χ0v) is 23.7. The van der Waals surface area contributed by atoms with Crippen LogP contribution in [0.2, 0.25) is 0 Å². The van der Waals surface area contributed by atoms with Gasteiger partial charge < -0.3 is 38.3 Å². The second-order valence-corrected chi connectivity index (χ2v) is 10.7. The number of nitrogens with one attached hydrogen (secondary N) is 3. The zero-order chi connectivity index (χ0) is 29.4. The third-order valence-electron chi connectivity index (χ3n) is 5.79. The fourth-order valence-electron chi connectivity index (χ4n) is 3.73. The number of benzene rings is 1. The normalized spacial score (nSPS) is 14.0. The smallest absolute Gasteiger partial charge is 0.326 e. The van der Waals surface area contributed by atoms with Crippen molar-refractivity contribution in [3.05, 3.63) is 35.9 Å². The van der Waals surface area contributed by atoms with Crippen LogP contribution in [0.3, 0.4) is 0 Å². The van der Waals surface area contributed by atoms with Gasteiger partial charge in [-0.15, -0.1) is 0 Å². The maximum absolute atomic E-state index is 13.3. The quantitative estimate of drug-likeness (QED) is 0.0720. The molecular weight excluding hydrogens is 522 g/mol. The second kappa shape index (κ2) is 18.1. The third kappa shape index (κ3) is 13.9. The molecule has 0 fully saturated rings. The number of aliphatic imine (C=N–C) groups is 1. The average molecular weight is 566 g/mol. The summed E-state index contributed by atoms with van der Waals surface area (Å²) in [5.41, 5.74) is 17.4. The van der Waals surface area contributed by atoms with Gasteiger partial charge in [-0.25, -0.2) is 4.79 Å². The number of carbonyl (C=O) groups excluding carboxylic acids is 3. The summed E-state index contributed by atoms with van der Waals surface area (Å²) in [5, 5.41) is 17.6. The van der Waals surface area contributed by atoms with Crippen molar-refractivity contribution in [2.75, 3.05) is 18.6 Å². The average Bonchev–Trinajstić information content (AvgIpc) is 2.87. The molecule has 0 radical (unpaired) electrons. The number of rotatable bonds is 18. The number of thioether (sulfide) groups is 1. The van der Waals surface area contributed by atoms with Gasteiger partial charge in [0.05, 0.1) is 6.04 Å². The lowest BCUT2D eigenvalue weighted by Gasteiger charge is -2.25. The summed E-state index contributed by atoms with van der Waals surface area (Å²) in [6, 6.07) is 5.09. The summed E-state index contributed by atoms with van der Waals surface area (Å²) in [6.45, 7) is 4.04. The molecule has 0 saturated carbocycles. The van der Waals surface area contributed by atoms with Crippen molar-refractivity contribution >= 4 is 41.4 Å². The summed E-state index contributed by atoms with van der Waals surface area (Å²) in [6.07, 6.45) is 3.35. The van der Waals surface area contributed by atoms with E-state index in [9.17, 15) is 24.3 Å². The number of hydrogen-bond acceptors (Lipinski definition) is 7. The van der Waals surface area contributed by atoms with Crippen molar-refractivity contribution < 1.29 is 24.3 Å². The number of carboxylic acids is 1. The molecule has 12 nitrogen and oxygen atoms in total. The van der Waals surface area contributed by atoms with Crippen LogP contribution < -0.4 is 33.2 Å². The van der Waals surface area contributed by atoms with Crippen LogP contribution in [0, 0.1) is 5.92 Å². The van der Waals surface area contributed by atoms with E-state index in [2.05, 4.69) is 20.9 Å². The molecule has 4 unspecified atom stereocenters. The Hall–Kier alpha value is -3.32. The van der Waals surface area contributed by atoms with Crippen LogP contribution in [0.5, 0.6) is 0 Å². The number of aliphatic carboxylic acids is 1. The summed E-state index contributed by atoms with van der Waals surface area (Å²) >= 11 is 1.50. The van der Waals surface area contributed by atoms with E-state index in [4.69, 9.17) is 17.2 Å². The molecule has 0 aliphatic rings. The molecule has 13 heteroatoms. The molecule has 10 N–H and O–H groups in total. The molecule has 0 heterocycles. The molecule has 0 aromatic heterocycles. The highest BCUT2D eigenvalue weighted by molar-refractivity contribution is 7.98. The molecule has 0 aliphatic carbocycles. The van der Waals surface area contributed by atoms with Crippen LogP contribution >= 0.6 is 11.8 Å². The Balaban J connectivity index is 3.02. The van der Waals surface area contributed by atoms with Crippen LogP contribution in [0.15, 0.2) is 35.3 Å². The van der Waals surface area contributed by atoms with Crippen LogP contribution in [0.1, 0.15) is 45.1 Å². The van der Waals surface area contributed by atoms with Crippen LogP contribution in [-0.2, 0) is 25.6 Å². The predicted octanol–water partition coefficient (Wildman–Crippen LogP) is -0.0518. The summed E-state index contributed by atoms with van der Waals surface area (Å²) in [4.78, 5) is 54.9. The number of nitrogens with two attached hydrogens (primary N) is 3. The summed E-state index contributed by atoms with van der Waals surface area (Å²) in [5.74, 6) is -2.28. The molecule has 0 bridgehead atoms. The van der Waals surface area contributed by atoms with Crippen molar-refractivity contribution in [3.8, 4) is 0 Å². The Morgan fingerprint density at radius 3 is 2.08 bits per heavy atom. The third-order valence-corrected chi connectivity index (χ3v) is 6.43. The van der Waals surface area contributed by atoms with Crippen molar-refractivity contribution in [3.63, 3.8) is 0 Å². The number of nitrogens with zero attached hydrogens (tertiary/aromatic N) is 1. The molecule has 1 aromatic carbocycles. The van der Waals surface area contributed by atoms with Gasteiger partial charge in [-0.2, -0.15) is 11.8 Å². The Kier molecular flexibility index (Phi) is 15.6. The Bertz CT molecular complexity index is 957. The standard InChI is InChI=1S/C26H43N7O5S/c1-16(2)14-21(25(37)38)33-24(36)20(15-17-8-5-4-6-9-17)32-23(35)19(11-13-39-3)31-22(34)18(27)10-7-12-30-26(28)29/h4-6,8-9,16,18-21H,7,10-15,27H2,1-3H3,(H,31,34)(H,32,35)(H,33,36)(H,37,38)(H4,28,29,30). The molecular formula is C26H43N7O5S. The van der Waals surface area contributed by atoms with E-state index in [-0.39, 0.29) is 24.7 Å². The monoisotopic (exact) mass is 565 g/mol. The summed E-state index contributed by atoms with van der Waals surface area (Å²) in [7, 11) is 0. The Labute approximate surface area is 234 Å². The topological polar surface area (TPSA) is 215 Å². The van der Waals surface area contributed by atoms with Crippen molar-refractivity contribution in [1.29, 1.82) is 0 Å². The van der Waals surface area contributed by atoms with Gasteiger partial charge >= 0.3 is 5.97 Å². The highest BCUT2D eigenvalue weighted by atomic mass is 32.2. The number of amides is 3. The minimum Gasteiger partial charge on any atom is -0.480 e. The van der Waals surface area contributed by atoms with E-state index in [1.54, 1.807) is 12.1 Å². The van der Waals surface area contributed by atoms with Gasteiger partial charge in [0, 0.05) is 13.0 Å². The first-order valence-electron chi connectivity index (χ1n) is 12.9. The first-order valence-corrected chi connectivity index (χ1v) is 14.3. The number of carboxylic acid groups (broad SMARTS) is 1. The lowest BCUT2D eigenvalue weighted by molar-refractivity contribution is -0.142. The van der Waals surface area contributed by atoms with Crippen molar-refractivity contribution in [2.24, 2.45) is 28.1 Å². The van der Waals surface area contributed by atoms with E-state index in [0.717, 1.165) is 5.56 Å². The SMILES string of the molecule is CSCCC(NC(=O)C(N)CCCN=C(N)N)C(=O)NC(Cc1ccccc1)C(=O)NC(CC(C)C)C(=O)O. The van der Waals surface area contributed by atoms with E-state index in [0.29, 0.717) is 31.6 Å². The minimum atomic E-state index is -1.15. The highest BCUT2D eigenvalue weighted by Crippen LogP contribution is 2.09. The fourth-order valence-corrected chi connectivity index (χ4v) is 4.20. The van der Waals surface area contributed by atoms with Gasteiger partial charge in [-0.3, -0.25) is 19.4 Å². The molecule has 0 aliphatic heterocycles. The largest absolute Gasteiger partial charge is 0.480 e. The molecule has 0 spiro atoms. The molecule has 0 saturated heterocycles. The van der Waals surface area contributed by atoms with Gasteiger partial charge in [0.1, 0.15) is 18.1 Å². The predicted molar refractivity (Wildman–Crippen MR) is 154 cm³/mol. The fraction of sp³-hybridized carbons (Fsp3) is 0.577. The number of hydrogen-bond donors (Lipinski definition) is 7. The molecule has 1 rings (SSSR count). The van der Waals surface area contributed by atoms with Crippen LogP contribution in [0.25, 0.3) is 0 Å². The molecule has 1 aromatic rings. The lowest BCUT2D eigenvalue weighted by Crippen LogP contribution is -2.57. The minimum absolute atomic E-state index is 0.0309.